The van der Waals surface area contributed by atoms with Crippen LogP contribution in [0.1, 0.15) is 11.3 Å². The summed E-state index contributed by atoms with van der Waals surface area (Å²) in [5.74, 6) is 0.574. The summed E-state index contributed by atoms with van der Waals surface area (Å²) < 4.78 is 31.1. The van der Waals surface area contributed by atoms with E-state index in [0.29, 0.717) is 17.1 Å². The summed E-state index contributed by atoms with van der Waals surface area (Å²) >= 11 is 0. The highest BCUT2D eigenvalue weighted by Gasteiger charge is 2.11. The van der Waals surface area contributed by atoms with Gasteiger partial charge in [-0.15, -0.1) is 0 Å². The zero-order valence-electron chi connectivity index (χ0n) is 11.7. The van der Waals surface area contributed by atoms with Crippen LogP contribution in [0.4, 0.5) is 4.39 Å². The number of halogens is 1. The number of aromatic nitrogens is 1. The van der Waals surface area contributed by atoms with E-state index in [1.165, 1.54) is 12.3 Å². The summed E-state index contributed by atoms with van der Waals surface area (Å²) in [5, 5.41) is 0. The Morgan fingerprint density at radius 1 is 1.00 bits per heavy atom. The van der Waals surface area contributed by atoms with Crippen molar-refractivity contribution in [1.29, 1.82) is 0 Å². The molecule has 3 nitrogen and oxygen atoms in total. The van der Waals surface area contributed by atoms with Gasteiger partial charge in [0.25, 0.3) is 0 Å². The Morgan fingerprint density at radius 2 is 1.73 bits per heavy atom. The largest absolute Gasteiger partial charge is 0.444 e. The summed E-state index contributed by atoms with van der Waals surface area (Å²) in [6, 6.07) is 15.9. The zero-order chi connectivity index (χ0) is 15.4. The van der Waals surface area contributed by atoms with Crippen LogP contribution in [0.5, 0.6) is 0 Å². The predicted molar refractivity (Wildman–Crippen MR) is 83.9 cm³/mol. The van der Waals surface area contributed by atoms with Gasteiger partial charge in [0.05, 0.1) is 17.2 Å². The van der Waals surface area contributed by atoms with Gasteiger partial charge in [0.1, 0.15) is 12.1 Å². The van der Waals surface area contributed by atoms with Crippen molar-refractivity contribution in [2.75, 3.05) is 0 Å². The average Bonchev–Trinajstić information content (AvgIpc) is 2.99. The van der Waals surface area contributed by atoms with Crippen LogP contribution in [-0.2, 0) is 22.3 Å². The van der Waals surface area contributed by atoms with E-state index < -0.39 is 10.8 Å². The Balaban J connectivity index is 1.68. The fraction of sp³-hybridized carbons (Fsp3) is 0.118. The fourth-order valence-electron chi connectivity index (χ4n) is 2.09. The Bertz CT molecular complexity index is 786. The summed E-state index contributed by atoms with van der Waals surface area (Å²) in [4.78, 5) is 4.33. The Labute approximate surface area is 130 Å². The van der Waals surface area contributed by atoms with Crippen molar-refractivity contribution in [2.45, 2.75) is 11.5 Å². The van der Waals surface area contributed by atoms with Gasteiger partial charge in [0, 0.05) is 21.9 Å². The quantitative estimate of drug-likeness (QED) is 0.716. The first-order valence-corrected chi connectivity index (χ1v) is 8.29. The summed E-state index contributed by atoms with van der Waals surface area (Å²) in [6.45, 7) is 0. The first kappa shape index (κ1) is 14.7. The van der Waals surface area contributed by atoms with Crippen molar-refractivity contribution in [2.24, 2.45) is 0 Å². The van der Waals surface area contributed by atoms with E-state index in [4.69, 9.17) is 4.42 Å². The number of hydrogen-bond donors (Lipinski definition) is 0. The number of nitrogens with zero attached hydrogens (tertiary/aromatic N) is 1. The summed E-state index contributed by atoms with van der Waals surface area (Å²) in [6.07, 6.45) is 1.50. The van der Waals surface area contributed by atoms with Gasteiger partial charge in [-0.1, -0.05) is 36.4 Å². The van der Waals surface area contributed by atoms with Gasteiger partial charge < -0.3 is 4.42 Å². The van der Waals surface area contributed by atoms with Gasteiger partial charge in [-0.2, -0.15) is 0 Å². The van der Waals surface area contributed by atoms with E-state index in [1.807, 2.05) is 30.3 Å². The molecule has 0 saturated heterocycles. The van der Waals surface area contributed by atoms with E-state index in [9.17, 15) is 8.60 Å². The molecule has 0 radical (unpaired) electrons. The highest BCUT2D eigenvalue weighted by Crippen LogP contribution is 2.19. The molecule has 112 valence electrons. The third-order valence-electron chi connectivity index (χ3n) is 3.16. The van der Waals surface area contributed by atoms with E-state index in [0.717, 1.165) is 5.56 Å². The van der Waals surface area contributed by atoms with Gasteiger partial charge >= 0.3 is 0 Å². The molecule has 0 aliphatic carbocycles. The molecule has 1 heterocycles. The Morgan fingerprint density at radius 3 is 2.50 bits per heavy atom. The molecule has 1 atom stereocenters. The van der Waals surface area contributed by atoms with E-state index in [-0.39, 0.29) is 17.3 Å². The molecule has 0 fully saturated rings. The molecule has 0 spiro atoms. The van der Waals surface area contributed by atoms with Crippen molar-refractivity contribution in [1.82, 2.24) is 4.98 Å². The molecule has 5 heteroatoms. The molecule has 3 rings (SSSR count). The summed E-state index contributed by atoms with van der Waals surface area (Å²) in [7, 11) is -1.24. The van der Waals surface area contributed by atoms with Crippen molar-refractivity contribution >= 4 is 10.8 Å². The number of benzene rings is 2. The SMILES string of the molecule is O=[S@](Cc1coc(-c2ccccc2)n1)Cc1ccccc1F. The van der Waals surface area contributed by atoms with Crippen LogP contribution < -0.4 is 0 Å². The van der Waals surface area contributed by atoms with E-state index in [2.05, 4.69) is 4.98 Å². The lowest BCUT2D eigenvalue weighted by atomic mass is 10.2. The molecule has 3 aromatic rings. The van der Waals surface area contributed by atoms with Gasteiger partial charge in [-0.3, -0.25) is 4.21 Å². The second-order valence-corrected chi connectivity index (χ2v) is 6.29. The zero-order valence-corrected chi connectivity index (χ0v) is 12.6. The van der Waals surface area contributed by atoms with Crippen LogP contribution in [0.3, 0.4) is 0 Å². The van der Waals surface area contributed by atoms with Crippen LogP contribution >= 0.6 is 0 Å². The molecule has 0 unspecified atom stereocenters. The maximum Gasteiger partial charge on any atom is 0.226 e. The van der Waals surface area contributed by atoms with Gasteiger partial charge in [0.15, 0.2) is 0 Å². The van der Waals surface area contributed by atoms with Crippen LogP contribution in [0.15, 0.2) is 65.3 Å². The Hall–Kier alpha value is -2.27. The van der Waals surface area contributed by atoms with Crippen molar-refractivity contribution < 1.29 is 13.0 Å². The molecule has 22 heavy (non-hydrogen) atoms. The van der Waals surface area contributed by atoms with Gasteiger partial charge in [0.2, 0.25) is 5.89 Å². The molecule has 0 bridgehead atoms. The van der Waals surface area contributed by atoms with Crippen LogP contribution in [0.25, 0.3) is 11.5 Å². The van der Waals surface area contributed by atoms with Crippen LogP contribution in [0, 0.1) is 5.82 Å². The summed E-state index contributed by atoms with van der Waals surface area (Å²) in [5.41, 5.74) is 1.93. The second-order valence-electron chi connectivity index (χ2n) is 4.83. The third kappa shape index (κ3) is 3.49. The van der Waals surface area contributed by atoms with Gasteiger partial charge in [-0.25, -0.2) is 9.37 Å². The fourth-order valence-corrected chi connectivity index (χ4v) is 3.24. The Kier molecular flexibility index (Phi) is 4.44. The number of rotatable bonds is 5. The predicted octanol–water partition coefficient (Wildman–Crippen LogP) is 3.93. The van der Waals surface area contributed by atoms with Crippen molar-refractivity contribution in [3.05, 3.63) is 77.9 Å². The second kappa shape index (κ2) is 6.66. The monoisotopic (exact) mass is 315 g/mol. The lowest BCUT2D eigenvalue weighted by Crippen LogP contribution is -2.01. The first-order valence-electron chi connectivity index (χ1n) is 6.80. The first-order chi connectivity index (χ1) is 10.7. The van der Waals surface area contributed by atoms with E-state index >= 15 is 0 Å². The molecule has 0 aliphatic rings. The minimum atomic E-state index is -1.24. The highest BCUT2D eigenvalue weighted by molar-refractivity contribution is 7.83. The maximum atomic E-state index is 13.5. The lowest BCUT2D eigenvalue weighted by Gasteiger charge is -2.01. The minimum Gasteiger partial charge on any atom is -0.444 e. The number of oxazole rings is 1. The van der Waals surface area contributed by atoms with Crippen LogP contribution in [-0.4, -0.2) is 9.19 Å². The molecule has 0 aliphatic heterocycles. The topological polar surface area (TPSA) is 43.1 Å². The minimum absolute atomic E-state index is 0.167. The normalized spacial score (nSPS) is 12.2. The van der Waals surface area contributed by atoms with Crippen LogP contribution in [0.2, 0.25) is 0 Å². The highest BCUT2D eigenvalue weighted by atomic mass is 32.2. The van der Waals surface area contributed by atoms with Gasteiger partial charge in [-0.05, 0) is 18.2 Å². The molecule has 1 aromatic heterocycles. The molecular formula is C17H14FNO2S. The molecule has 0 N–H and O–H groups in total. The number of hydrogen-bond acceptors (Lipinski definition) is 3. The third-order valence-corrected chi connectivity index (χ3v) is 4.41. The average molecular weight is 315 g/mol. The van der Waals surface area contributed by atoms with E-state index in [1.54, 1.807) is 18.2 Å². The molecular weight excluding hydrogens is 301 g/mol. The lowest BCUT2D eigenvalue weighted by molar-refractivity contribution is 0.573. The molecule has 0 amide bonds. The van der Waals surface area contributed by atoms with Crippen molar-refractivity contribution in [3.8, 4) is 11.5 Å². The standard InChI is InChI=1S/C17H14FNO2S/c18-16-9-5-4-8-14(16)11-22(20)12-15-10-21-17(19-15)13-6-2-1-3-7-13/h1-10H,11-12H2/t22-/m0/s1. The van der Waals surface area contributed by atoms with Crippen molar-refractivity contribution in [3.63, 3.8) is 0 Å². The smallest absolute Gasteiger partial charge is 0.226 e. The molecule has 0 saturated carbocycles. The maximum absolute atomic E-state index is 13.5. The molecule has 2 aromatic carbocycles.